The number of halogens is 1. The fourth-order valence-electron chi connectivity index (χ4n) is 3.71. The molecular weight excluding hydrogens is 441 g/mol. The van der Waals surface area contributed by atoms with Crippen LogP contribution in [0.3, 0.4) is 0 Å². The van der Waals surface area contributed by atoms with E-state index >= 15 is 0 Å². The molecule has 0 unspecified atom stereocenters. The molecule has 2 heterocycles. The molecule has 0 radical (unpaired) electrons. The van der Waals surface area contributed by atoms with Gasteiger partial charge in [0.25, 0.3) is 5.56 Å². The second-order valence-corrected chi connectivity index (χ2v) is 7.88. The Morgan fingerprint density at radius 1 is 1.12 bits per heavy atom. The number of nitrogens with one attached hydrogen (secondary N) is 1. The number of aromatic nitrogens is 4. The number of benzene rings is 2. The van der Waals surface area contributed by atoms with E-state index < -0.39 is 29.5 Å². The summed E-state index contributed by atoms with van der Waals surface area (Å²) in [5, 5.41) is 2.45. The number of anilines is 1. The van der Waals surface area contributed by atoms with Gasteiger partial charge in [-0.1, -0.05) is 36.4 Å². The Morgan fingerprint density at radius 2 is 1.88 bits per heavy atom. The third kappa shape index (κ3) is 4.67. The number of ether oxygens (including phenoxy) is 1. The summed E-state index contributed by atoms with van der Waals surface area (Å²) in [6, 6.07) is 13.5. The number of amides is 1. The van der Waals surface area contributed by atoms with E-state index in [1.165, 1.54) is 30.1 Å². The third-order valence-corrected chi connectivity index (χ3v) is 5.40. The van der Waals surface area contributed by atoms with Gasteiger partial charge in [-0.15, -0.1) is 0 Å². The van der Waals surface area contributed by atoms with Crippen LogP contribution in [0.2, 0.25) is 0 Å². The van der Waals surface area contributed by atoms with Crippen LogP contribution in [0.5, 0.6) is 0 Å². The molecule has 1 amide bonds. The predicted molar refractivity (Wildman–Crippen MR) is 125 cm³/mol. The zero-order chi connectivity index (χ0) is 24.2. The van der Waals surface area contributed by atoms with Gasteiger partial charge in [-0.05, 0) is 30.2 Å². The van der Waals surface area contributed by atoms with Gasteiger partial charge in [0.15, 0.2) is 11.2 Å². The van der Waals surface area contributed by atoms with Gasteiger partial charge in [0.2, 0.25) is 5.91 Å². The zero-order valence-electron chi connectivity index (χ0n) is 18.8. The Morgan fingerprint density at radius 3 is 2.62 bits per heavy atom. The Balaban J connectivity index is 1.78. The molecule has 0 aliphatic heterocycles. The lowest BCUT2D eigenvalue weighted by atomic mass is 10.2. The number of hydrogen-bond acceptors (Lipinski definition) is 5. The number of rotatable bonds is 8. The third-order valence-electron chi connectivity index (χ3n) is 5.40. The molecule has 2 aromatic heterocycles. The van der Waals surface area contributed by atoms with Crippen molar-refractivity contribution in [2.75, 3.05) is 19.0 Å². The highest BCUT2D eigenvalue weighted by molar-refractivity contribution is 5.90. The molecule has 0 saturated heterocycles. The summed E-state index contributed by atoms with van der Waals surface area (Å²) in [5.41, 5.74) is 0.625. The van der Waals surface area contributed by atoms with Crippen molar-refractivity contribution in [3.63, 3.8) is 0 Å². The van der Waals surface area contributed by atoms with Crippen molar-refractivity contribution in [3.05, 3.63) is 92.6 Å². The summed E-state index contributed by atoms with van der Waals surface area (Å²) in [4.78, 5) is 43.7. The van der Waals surface area contributed by atoms with Gasteiger partial charge in [-0.25, -0.2) is 18.7 Å². The van der Waals surface area contributed by atoms with Gasteiger partial charge in [0.05, 0.1) is 25.2 Å². The lowest BCUT2D eigenvalue weighted by Crippen LogP contribution is -2.43. The number of carbonyl (C=O) groups excluding carboxylic acids is 1. The largest absolute Gasteiger partial charge is 0.383 e. The highest BCUT2D eigenvalue weighted by Crippen LogP contribution is 2.15. The first-order valence-electron chi connectivity index (χ1n) is 10.7. The molecule has 0 bridgehead atoms. The summed E-state index contributed by atoms with van der Waals surface area (Å²) >= 11 is 0. The molecule has 4 aromatic rings. The van der Waals surface area contributed by atoms with E-state index in [-0.39, 0.29) is 23.4 Å². The smallest absolute Gasteiger partial charge is 0.333 e. The van der Waals surface area contributed by atoms with Crippen LogP contribution in [0.1, 0.15) is 11.1 Å². The van der Waals surface area contributed by atoms with E-state index in [4.69, 9.17) is 4.74 Å². The Kier molecular flexibility index (Phi) is 6.69. The second-order valence-electron chi connectivity index (χ2n) is 7.88. The van der Waals surface area contributed by atoms with Gasteiger partial charge in [-0.3, -0.25) is 14.2 Å². The van der Waals surface area contributed by atoms with E-state index in [2.05, 4.69) is 10.3 Å². The summed E-state index contributed by atoms with van der Waals surface area (Å²) in [5.74, 6) is -1.31. The fourth-order valence-corrected chi connectivity index (χ4v) is 3.71. The van der Waals surface area contributed by atoms with E-state index in [0.717, 1.165) is 15.7 Å². The van der Waals surface area contributed by atoms with Crippen LogP contribution in [0.25, 0.3) is 11.2 Å². The monoisotopic (exact) mass is 465 g/mol. The van der Waals surface area contributed by atoms with Gasteiger partial charge < -0.3 is 14.6 Å². The quantitative estimate of drug-likeness (QED) is 0.430. The minimum atomic E-state index is -0.697. The summed E-state index contributed by atoms with van der Waals surface area (Å²) in [7, 11) is 1.54. The van der Waals surface area contributed by atoms with Crippen molar-refractivity contribution in [2.24, 2.45) is 0 Å². The average Bonchev–Trinajstić information content (AvgIpc) is 3.25. The van der Waals surface area contributed by atoms with Crippen LogP contribution < -0.4 is 16.6 Å². The summed E-state index contributed by atoms with van der Waals surface area (Å²) in [6.45, 7) is 2.01. The molecule has 1 N–H and O–H groups in total. The minimum Gasteiger partial charge on any atom is -0.383 e. The van der Waals surface area contributed by atoms with Crippen LogP contribution >= 0.6 is 0 Å². The Bertz CT molecular complexity index is 1460. The normalized spacial score (nSPS) is 11.1. The van der Waals surface area contributed by atoms with Crippen LogP contribution in [0, 0.1) is 12.7 Å². The zero-order valence-corrected chi connectivity index (χ0v) is 18.8. The van der Waals surface area contributed by atoms with E-state index in [0.29, 0.717) is 13.2 Å². The van der Waals surface area contributed by atoms with Gasteiger partial charge >= 0.3 is 5.69 Å². The number of aryl methyl sites for hydroxylation is 1. The lowest BCUT2D eigenvalue weighted by molar-refractivity contribution is -0.116. The molecule has 0 spiro atoms. The molecule has 0 aliphatic carbocycles. The maximum atomic E-state index is 14.1. The number of methoxy groups -OCH3 is 1. The molecule has 0 saturated carbocycles. The highest BCUT2D eigenvalue weighted by Gasteiger charge is 2.20. The first-order valence-corrected chi connectivity index (χ1v) is 10.7. The maximum Gasteiger partial charge on any atom is 0.333 e. The van der Waals surface area contributed by atoms with Crippen LogP contribution in [0.4, 0.5) is 10.1 Å². The molecule has 0 fully saturated rings. The Hall–Kier alpha value is -4.05. The standard InChI is InChI=1S/C24H24FN5O4/c1-16-8-9-18(25)19(12-16)27-20(31)14-30-23(32)21-22(26-15-28(21)10-11-34-2)29(24(30)33)13-17-6-4-3-5-7-17/h3-9,12,15H,10-11,13-14H2,1-2H3,(H,27,31). The minimum absolute atomic E-state index is 0.0196. The first kappa shape index (κ1) is 23.1. The van der Waals surface area contributed by atoms with Gasteiger partial charge in [-0.2, -0.15) is 0 Å². The number of carbonyl (C=O) groups is 1. The molecule has 176 valence electrons. The fraction of sp³-hybridized carbons (Fsp3) is 0.250. The van der Waals surface area contributed by atoms with Gasteiger partial charge in [0.1, 0.15) is 12.4 Å². The summed E-state index contributed by atoms with van der Waals surface area (Å²) < 4.78 is 23.0. The van der Waals surface area contributed by atoms with Gasteiger partial charge in [0, 0.05) is 13.7 Å². The van der Waals surface area contributed by atoms with E-state index in [9.17, 15) is 18.8 Å². The van der Waals surface area contributed by atoms with Crippen LogP contribution in [0.15, 0.2) is 64.4 Å². The van der Waals surface area contributed by atoms with E-state index in [1.54, 1.807) is 17.6 Å². The van der Waals surface area contributed by atoms with Crippen molar-refractivity contribution in [1.82, 2.24) is 18.7 Å². The summed E-state index contributed by atoms with van der Waals surface area (Å²) in [6.07, 6.45) is 1.47. The SMILES string of the molecule is COCCn1cnc2c1c(=O)n(CC(=O)Nc1cc(C)ccc1F)c(=O)n2Cc1ccccc1. The van der Waals surface area contributed by atoms with Crippen molar-refractivity contribution in [2.45, 2.75) is 26.6 Å². The highest BCUT2D eigenvalue weighted by atomic mass is 19.1. The number of imidazole rings is 1. The molecule has 2 aromatic carbocycles. The first-order chi connectivity index (χ1) is 16.4. The Labute approximate surface area is 194 Å². The average molecular weight is 465 g/mol. The number of hydrogen-bond donors (Lipinski definition) is 1. The molecule has 0 atom stereocenters. The molecule has 34 heavy (non-hydrogen) atoms. The topological polar surface area (TPSA) is 100 Å². The molecule has 0 aliphatic rings. The van der Waals surface area contributed by atoms with Crippen LogP contribution in [-0.2, 0) is 29.2 Å². The molecule has 10 heteroatoms. The molecule has 9 nitrogen and oxygen atoms in total. The second kappa shape index (κ2) is 9.84. The molecule has 4 rings (SSSR count). The van der Waals surface area contributed by atoms with Crippen LogP contribution in [-0.4, -0.2) is 38.3 Å². The molecular formula is C24H24FN5O4. The van der Waals surface area contributed by atoms with Crippen molar-refractivity contribution in [1.29, 1.82) is 0 Å². The van der Waals surface area contributed by atoms with Crippen molar-refractivity contribution < 1.29 is 13.9 Å². The van der Waals surface area contributed by atoms with E-state index in [1.807, 2.05) is 30.3 Å². The van der Waals surface area contributed by atoms with Crippen molar-refractivity contribution >= 4 is 22.8 Å². The number of nitrogens with zero attached hydrogens (tertiary/aromatic N) is 4. The van der Waals surface area contributed by atoms with Crippen molar-refractivity contribution in [3.8, 4) is 0 Å². The maximum absolute atomic E-state index is 14.1. The predicted octanol–water partition coefficient (Wildman–Crippen LogP) is 2.14. The number of fused-ring (bicyclic) bond motifs is 1. The lowest BCUT2D eigenvalue weighted by Gasteiger charge is -2.13.